The van der Waals surface area contributed by atoms with E-state index in [1.54, 1.807) is 34.9 Å². The summed E-state index contributed by atoms with van der Waals surface area (Å²) < 4.78 is 2.49. The van der Waals surface area contributed by atoms with Gasteiger partial charge in [0.15, 0.2) is 0 Å². The molecule has 0 fully saturated rings. The molecule has 0 bridgehead atoms. The molecule has 1 amide bonds. The third-order valence-electron chi connectivity index (χ3n) is 4.57. The van der Waals surface area contributed by atoms with Crippen molar-refractivity contribution in [1.82, 2.24) is 4.57 Å². The molecule has 4 rings (SSSR count). The average Bonchev–Trinajstić information content (AvgIpc) is 2.92. The summed E-state index contributed by atoms with van der Waals surface area (Å²) in [6.07, 6.45) is 0.712. The van der Waals surface area contributed by atoms with E-state index >= 15 is 0 Å². The van der Waals surface area contributed by atoms with Gasteiger partial charge in [-0.2, -0.15) is 0 Å². The first-order valence-electron chi connectivity index (χ1n) is 7.93. The number of aromatic nitrogens is 1. The zero-order valence-electron chi connectivity index (χ0n) is 13.4. The van der Waals surface area contributed by atoms with Gasteiger partial charge in [0, 0.05) is 21.6 Å². The quantitative estimate of drug-likeness (QED) is 0.688. The summed E-state index contributed by atoms with van der Waals surface area (Å²) in [7, 11) is 0. The minimum absolute atomic E-state index is 0.0489. The Morgan fingerprint density at radius 1 is 1.24 bits per heavy atom. The molecule has 25 heavy (non-hydrogen) atoms. The fraction of sp³-hybridized carbons (Fsp3) is 0.158. The molecule has 0 saturated carbocycles. The van der Waals surface area contributed by atoms with Gasteiger partial charge < -0.3 is 15.0 Å². The summed E-state index contributed by atoms with van der Waals surface area (Å²) in [4.78, 5) is 25.6. The smallest absolute Gasteiger partial charge is 0.268 e. The van der Waals surface area contributed by atoms with Gasteiger partial charge in [-0.15, -0.1) is 0 Å². The van der Waals surface area contributed by atoms with Gasteiger partial charge in [-0.1, -0.05) is 28.1 Å². The normalized spacial score (nSPS) is 15.5. The summed E-state index contributed by atoms with van der Waals surface area (Å²) in [5.74, 6) is -0.873. The number of benzene rings is 2. The fourth-order valence-electron chi connectivity index (χ4n) is 3.45. The van der Waals surface area contributed by atoms with Gasteiger partial charge >= 0.3 is 0 Å². The number of nitrogens with zero attached hydrogens (tertiary/aromatic N) is 1. The first-order chi connectivity index (χ1) is 12.0. The molecule has 2 N–H and O–H groups in total. The lowest BCUT2D eigenvalue weighted by molar-refractivity contribution is 0.102. The van der Waals surface area contributed by atoms with Gasteiger partial charge in [0.25, 0.3) is 11.5 Å². The molecule has 3 aromatic rings. The molecule has 0 unspecified atom stereocenters. The van der Waals surface area contributed by atoms with E-state index in [9.17, 15) is 14.7 Å². The molecule has 5 nitrogen and oxygen atoms in total. The molecule has 0 aliphatic carbocycles. The Balaban J connectivity index is 1.87. The molecule has 2 heterocycles. The Bertz CT molecular complexity index is 1070. The van der Waals surface area contributed by atoms with Gasteiger partial charge in [0.2, 0.25) is 0 Å². The molecule has 1 atom stereocenters. The maximum absolute atomic E-state index is 12.9. The second-order valence-corrected chi connectivity index (χ2v) is 7.14. The van der Waals surface area contributed by atoms with Gasteiger partial charge in [0.1, 0.15) is 11.3 Å². The Hall–Kier alpha value is -2.60. The van der Waals surface area contributed by atoms with Crippen molar-refractivity contribution >= 4 is 38.4 Å². The van der Waals surface area contributed by atoms with Crippen molar-refractivity contribution in [2.24, 2.45) is 0 Å². The van der Waals surface area contributed by atoms with Gasteiger partial charge in [-0.3, -0.25) is 9.59 Å². The number of rotatable bonds is 2. The largest absolute Gasteiger partial charge is 0.506 e. The third kappa shape index (κ3) is 2.44. The van der Waals surface area contributed by atoms with Crippen LogP contribution in [-0.4, -0.2) is 15.6 Å². The van der Waals surface area contributed by atoms with Crippen LogP contribution in [0.3, 0.4) is 0 Å². The highest BCUT2D eigenvalue weighted by Crippen LogP contribution is 2.36. The van der Waals surface area contributed by atoms with E-state index < -0.39 is 11.5 Å². The van der Waals surface area contributed by atoms with Crippen LogP contribution in [0.25, 0.3) is 10.9 Å². The predicted molar refractivity (Wildman–Crippen MR) is 100 cm³/mol. The van der Waals surface area contributed by atoms with E-state index in [-0.39, 0.29) is 17.4 Å². The number of hydrogen-bond donors (Lipinski definition) is 2. The van der Waals surface area contributed by atoms with Crippen molar-refractivity contribution in [1.29, 1.82) is 0 Å². The number of hydrogen-bond acceptors (Lipinski definition) is 3. The van der Waals surface area contributed by atoms with Crippen LogP contribution in [0.1, 0.15) is 28.9 Å². The van der Waals surface area contributed by atoms with Crippen molar-refractivity contribution in [3.05, 3.63) is 68.4 Å². The average molecular weight is 399 g/mol. The lowest BCUT2D eigenvalue weighted by Crippen LogP contribution is -2.30. The number of carbonyl (C=O) groups excluding carboxylic acids is 1. The highest BCUT2D eigenvalue weighted by Gasteiger charge is 2.29. The molecule has 6 heteroatoms. The van der Waals surface area contributed by atoms with Crippen LogP contribution in [0.4, 0.5) is 5.69 Å². The third-order valence-corrected chi connectivity index (χ3v) is 5.10. The second kappa shape index (κ2) is 5.74. The summed E-state index contributed by atoms with van der Waals surface area (Å²) >= 11 is 3.33. The lowest BCUT2D eigenvalue weighted by atomic mass is 10.1. The summed E-state index contributed by atoms with van der Waals surface area (Å²) in [5, 5.41) is 13.8. The molecule has 126 valence electrons. The number of anilines is 1. The minimum atomic E-state index is -0.611. The number of aromatic hydroxyl groups is 1. The summed E-state index contributed by atoms with van der Waals surface area (Å²) in [5.41, 5.74) is 1.60. The minimum Gasteiger partial charge on any atom is -0.506 e. The Morgan fingerprint density at radius 3 is 2.68 bits per heavy atom. The van der Waals surface area contributed by atoms with Gasteiger partial charge in [0.05, 0.1) is 5.52 Å². The number of pyridine rings is 1. The van der Waals surface area contributed by atoms with Crippen LogP contribution in [0.15, 0.2) is 51.7 Å². The highest BCUT2D eigenvalue weighted by molar-refractivity contribution is 9.10. The summed E-state index contributed by atoms with van der Waals surface area (Å²) in [6, 6.07) is 12.5. The molecule has 0 spiro atoms. The van der Waals surface area contributed by atoms with E-state index in [1.807, 2.05) is 19.1 Å². The van der Waals surface area contributed by atoms with Crippen LogP contribution in [0.5, 0.6) is 5.75 Å². The maximum Gasteiger partial charge on any atom is 0.268 e. The zero-order chi connectivity index (χ0) is 17.7. The lowest BCUT2D eigenvalue weighted by Gasteiger charge is -2.14. The standard InChI is InChI=1S/C19H15BrN2O3/c1-10-9-11-3-2-4-14-16(11)22(10)19(25)15(17(14)23)18(24)21-13-7-5-12(20)6-8-13/h2-8,10,23H,9H2,1H3,(H,21,24)/t10-/m1/s1. The predicted octanol–water partition coefficient (Wildman–Crippen LogP) is 3.84. The first-order valence-corrected chi connectivity index (χ1v) is 8.72. The summed E-state index contributed by atoms with van der Waals surface area (Å²) in [6.45, 7) is 1.94. The van der Waals surface area contributed by atoms with Gasteiger partial charge in [-0.25, -0.2) is 0 Å². The number of para-hydroxylation sites is 1. The molecule has 0 saturated heterocycles. The first kappa shape index (κ1) is 15.9. The Morgan fingerprint density at radius 2 is 1.96 bits per heavy atom. The fourth-order valence-corrected chi connectivity index (χ4v) is 3.72. The van der Waals surface area contributed by atoms with Crippen LogP contribution < -0.4 is 10.9 Å². The topological polar surface area (TPSA) is 71.3 Å². The van der Waals surface area contributed by atoms with E-state index in [1.165, 1.54) is 0 Å². The monoisotopic (exact) mass is 398 g/mol. The van der Waals surface area contributed by atoms with E-state index in [0.717, 1.165) is 15.6 Å². The van der Waals surface area contributed by atoms with Crippen LogP contribution >= 0.6 is 15.9 Å². The molecular weight excluding hydrogens is 384 g/mol. The number of halogens is 1. The molecule has 2 aromatic carbocycles. The van der Waals surface area contributed by atoms with Crippen molar-refractivity contribution in [3.8, 4) is 5.75 Å². The molecule has 0 radical (unpaired) electrons. The molecule has 1 aliphatic heterocycles. The van der Waals surface area contributed by atoms with Gasteiger partial charge in [-0.05, 0) is 49.2 Å². The van der Waals surface area contributed by atoms with E-state index in [2.05, 4.69) is 21.2 Å². The second-order valence-electron chi connectivity index (χ2n) is 6.23. The van der Waals surface area contributed by atoms with Crippen molar-refractivity contribution in [3.63, 3.8) is 0 Å². The number of carbonyl (C=O) groups is 1. The van der Waals surface area contributed by atoms with Crippen LogP contribution in [0, 0.1) is 0 Å². The maximum atomic E-state index is 12.9. The zero-order valence-corrected chi connectivity index (χ0v) is 15.0. The number of nitrogens with one attached hydrogen (secondary N) is 1. The molecule has 1 aliphatic rings. The Kier molecular flexibility index (Phi) is 3.65. The van der Waals surface area contributed by atoms with Crippen molar-refractivity contribution < 1.29 is 9.90 Å². The van der Waals surface area contributed by atoms with Crippen molar-refractivity contribution in [2.75, 3.05) is 5.32 Å². The highest BCUT2D eigenvalue weighted by atomic mass is 79.9. The van der Waals surface area contributed by atoms with E-state index in [0.29, 0.717) is 17.5 Å². The Labute approximate surface area is 152 Å². The van der Waals surface area contributed by atoms with Crippen LogP contribution in [0.2, 0.25) is 0 Å². The van der Waals surface area contributed by atoms with Crippen molar-refractivity contribution in [2.45, 2.75) is 19.4 Å². The van der Waals surface area contributed by atoms with E-state index in [4.69, 9.17) is 0 Å². The number of amides is 1. The molecule has 1 aromatic heterocycles. The van der Waals surface area contributed by atoms with Crippen LogP contribution in [-0.2, 0) is 6.42 Å². The molecular formula is C19H15BrN2O3. The SMILES string of the molecule is C[C@@H]1Cc2cccc3c(O)c(C(=O)Nc4ccc(Br)cc4)c(=O)n1c23.